The quantitative estimate of drug-likeness (QED) is 0.750. The normalized spacial score (nSPS) is 15.8. The van der Waals surface area contributed by atoms with E-state index in [1.807, 2.05) is 25.3 Å². The van der Waals surface area contributed by atoms with Crippen molar-refractivity contribution in [2.45, 2.75) is 58.9 Å². The molecule has 0 saturated heterocycles. The molecular weight excluding hydrogens is 214 g/mol. The molecule has 1 aliphatic carbocycles. The first-order valence-corrected chi connectivity index (χ1v) is 6.31. The van der Waals surface area contributed by atoms with Crippen molar-refractivity contribution in [1.29, 1.82) is 0 Å². The van der Waals surface area contributed by atoms with Gasteiger partial charge in [0.2, 0.25) is 0 Å². The SMILES string of the molecule is Cc1c(O)c2c(n(C(C)(C)C)c1=O)CCCC2. The summed E-state index contributed by atoms with van der Waals surface area (Å²) in [6.07, 6.45) is 3.99. The van der Waals surface area contributed by atoms with Gasteiger partial charge in [-0.2, -0.15) is 0 Å². The maximum atomic E-state index is 12.3. The Morgan fingerprint density at radius 1 is 1.18 bits per heavy atom. The van der Waals surface area contributed by atoms with E-state index in [1.165, 1.54) is 0 Å². The lowest BCUT2D eigenvalue weighted by Crippen LogP contribution is -2.39. The van der Waals surface area contributed by atoms with Crippen molar-refractivity contribution in [3.05, 3.63) is 27.2 Å². The van der Waals surface area contributed by atoms with Crippen molar-refractivity contribution in [3.63, 3.8) is 0 Å². The molecule has 0 aromatic carbocycles. The van der Waals surface area contributed by atoms with Crippen LogP contribution in [-0.4, -0.2) is 9.67 Å². The van der Waals surface area contributed by atoms with E-state index in [1.54, 1.807) is 6.92 Å². The summed E-state index contributed by atoms with van der Waals surface area (Å²) in [6.45, 7) is 7.84. The summed E-state index contributed by atoms with van der Waals surface area (Å²) in [5, 5.41) is 10.1. The zero-order chi connectivity index (χ0) is 12.8. The summed E-state index contributed by atoms with van der Waals surface area (Å²) in [4.78, 5) is 12.3. The second kappa shape index (κ2) is 3.90. The van der Waals surface area contributed by atoms with Crippen LogP contribution in [0.15, 0.2) is 4.79 Å². The standard InChI is InChI=1S/C14H21NO2/c1-9-12(16)10-7-5-6-8-11(10)15(13(9)17)14(2,3)4/h16H,5-8H2,1-4H3. The third kappa shape index (κ3) is 1.88. The highest BCUT2D eigenvalue weighted by Gasteiger charge is 2.26. The number of nitrogens with zero attached hydrogens (tertiary/aromatic N) is 1. The minimum atomic E-state index is -0.225. The molecule has 1 aromatic rings. The van der Waals surface area contributed by atoms with Crippen LogP contribution >= 0.6 is 0 Å². The Morgan fingerprint density at radius 2 is 1.76 bits per heavy atom. The van der Waals surface area contributed by atoms with Gasteiger partial charge in [0.25, 0.3) is 5.56 Å². The van der Waals surface area contributed by atoms with Gasteiger partial charge in [-0.1, -0.05) is 0 Å². The smallest absolute Gasteiger partial charge is 0.257 e. The van der Waals surface area contributed by atoms with Crippen molar-refractivity contribution < 1.29 is 5.11 Å². The van der Waals surface area contributed by atoms with Crippen LogP contribution in [-0.2, 0) is 18.4 Å². The predicted octanol–water partition coefficient (Wildman–Crippen LogP) is 2.50. The highest BCUT2D eigenvalue weighted by atomic mass is 16.3. The number of fused-ring (bicyclic) bond motifs is 1. The molecule has 94 valence electrons. The minimum absolute atomic E-state index is 0.0457. The lowest BCUT2D eigenvalue weighted by molar-refractivity contribution is 0.353. The molecule has 1 aliphatic rings. The van der Waals surface area contributed by atoms with Crippen LogP contribution < -0.4 is 5.56 Å². The summed E-state index contributed by atoms with van der Waals surface area (Å²) in [5.41, 5.74) is 2.24. The first kappa shape index (κ1) is 12.2. The van der Waals surface area contributed by atoms with Crippen LogP contribution in [0.2, 0.25) is 0 Å². The Bertz CT molecular complexity index is 506. The monoisotopic (exact) mass is 235 g/mol. The summed E-state index contributed by atoms with van der Waals surface area (Å²) in [6, 6.07) is 0. The van der Waals surface area contributed by atoms with Crippen LogP contribution in [0.1, 0.15) is 50.4 Å². The molecule has 0 fully saturated rings. The molecular formula is C14H21NO2. The number of rotatable bonds is 0. The van der Waals surface area contributed by atoms with E-state index >= 15 is 0 Å². The van der Waals surface area contributed by atoms with Gasteiger partial charge in [-0.05, 0) is 53.4 Å². The molecule has 0 spiro atoms. The molecule has 3 heteroatoms. The molecule has 0 saturated carbocycles. The minimum Gasteiger partial charge on any atom is -0.507 e. The van der Waals surface area contributed by atoms with E-state index in [2.05, 4.69) is 0 Å². The van der Waals surface area contributed by atoms with Gasteiger partial charge in [-0.3, -0.25) is 4.79 Å². The van der Waals surface area contributed by atoms with Gasteiger partial charge < -0.3 is 9.67 Å². The Kier molecular flexibility index (Phi) is 2.80. The first-order chi connectivity index (χ1) is 7.84. The van der Waals surface area contributed by atoms with Crippen molar-refractivity contribution in [1.82, 2.24) is 4.57 Å². The van der Waals surface area contributed by atoms with E-state index in [9.17, 15) is 9.90 Å². The third-order valence-electron chi connectivity index (χ3n) is 3.54. The maximum absolute atomic E-state index is 12.3. The highest BCUT2D eigenvalue weighted by Crippen LogP contribution is 2.32. The highest BCUT2D eigenvalue weighted by molar-refractivity contribution is 5.43. The maximum Gasteiger partial charge on any atom is 0.257 e. The first-order valence-electron chi connectivity index (χ1n) is 6.31. The second-order valence-corrected chi connectivity index (χ2v) is 5.92. The van der Waals surface area contributed by atoms with Crippen LogP contribution in [0.4, 0.5) is 0 Å². The number of aromatic hydroxyl groups is 1. The van der Waals surface area contributed by atoms with Crippen LogP contribution in [0.3, 0.4) is 0 Å². The summed E-state index contributed by atoms with van der Waals surface area (Å²) < 4.78 is 1.87. The molecule has 0 bridgehead atoms. The topological polar surface area (TPSA) is 42.2 Å². The Hall–Kier alpha value is -1.25. The third-order valence-corrected chi connectivity index (χ3v) is 3.54. The van der Waals surface area contributed by atoms with E-state index in [0.717, 1.165) is 36.9 Å². The average Bonchev–Trinajstić information content (AvgIpc) is 2.24. The van der Waals surface area contributed by atoms with Gasteiger partial charge in [0.05, 0.1) is 5.56 Å². The van der Waals surface area contributed by atoms with Crippen molar-refractivity contribution in [2.75, 3.05) is 0 Å². The van der Waals surface area contributed by atoms with Gasteiger partial charge in [0.15, 0.2) is 0 Å². The number of hydrogen-bond donors (Lipinski definition) is 1. The van der Waals surface area contributed by atoms with E-state index in [4.69, 9.17) is 0 Å². The van der Waals surface area contributed by atoms with Crippen molar-refractivity contribution in [3.8, 4) is 5.75 Å². The molecule has 0 atom stereocenters. The molecule has 0 unspecified atom stereocenters. The van der Waals surface area contributed by atoms with Crippen LogP contribution in [0.25, 0.3) is 0 Å². The zero-order valence-electron chi connectivity index (χ0n) is 11.1. The molecule has 0 radical (unpaired) electrons. The van der Waals surface area contributed by atoms with E-state index in [-0.39, 0.29) is 16.8 Å². The second-order valence-electron chi connectivity index (χ2n) is 5.92. The van der Waals surface area contributed by atoms with Crippen molar-refractivity contribution >= 4 is 0 Å². The Balaban J connectivity index is 2.83. The molecule has 1 aromatic heterocycles. The molecule has 1 N–H and O–H groups in total. The molecule has 0 amide bonds. The van der Waals surface area contributed by atoms with Gasteiger partial charge in [0, 0.05) is 16.8 Å². The fourth-order valence-electron chi connectivity index (χ4n) is 2.72. The molecule has 17 heavy (non-hydrogen) atoms. The summed E-state index contributed by atoms with van der Waals surface area (Å²) in [5.74, 6) is 0.227. The molecule has 1 heterocycles. The largest absolute Gasteiger partial charge is 0.507 e. The van der Waals surface area contributed by atoms with Crippen LogP contribution in [0.5, 0.6) is 5.75 Å². The molecule has 0 aliphatic heterocycles. The van der Waals surface area contributed by atoms with Gasteiger partial charge in [-0.15, -0.1) is 0 Å². The Morgan fingerprint density at radius 3 is 2.35 bits per heavy atom. The molecule has 3 nitrogen and oxygen atoms in total. The fraction of sp³-hybridized carbons (Fsp3) is 0.643. The Labute approximate surface area is 102 Å². The van der Waals surface area contributed by atoms with E-state index in [0.29, 0.717) is 5.56 Å². The molecule has 2 rings (SSSR count). The van der Waals surface area contributed by atoms with Gasteiger partial charge in [-0.25, -0.2) is 0 Å². The predicted molar refractivity (Wildman–Crippen MR) is 68.7 cm³/mol. The number of hydrogen-bond acceptors (Lipinski definition) is 2. The zero-order valence-corrected chi connectivity index (χ0v) is 11.1. The summed E-state index contributed by atoms with van der Waals surface area (Å²) >= 11 is 0. The number of aromatic nitrogens is 1. The van der Waals surface area contributed by atoms with E-state index < -0.39 is 0 Å². The summed E-state index contributed by atoms with van der Waals surface area (Å²) in [7, 11) is 0. The van der Waals surface area contributed by atoms with Crippen molar-refractivity contribution in [2.24, 2.45) is 0 Å². The van der Waals surface area contributed by atoms with Gasteiger partial charge >= 0.3 is 0 Å². The fourth-order valence-corrected chi connectivity index (χ4v) is 2.72. The number of pyridine rings is 1. The van der Waals surface area contributed by atoms with Gasteiger partial charge in [0.1, 0.15) is 5.75 Å². The average molecular weight is 235 g/mol. The lowest BCUT2D eigenvalue weighted by Gasteiger charge is -2.31. The van der Waals surface area contributed by atoms with Crippen LogP contribution in [0, 0.1) is 6.92 Å². The lowest BCUT2D eigenvalue weighted by atomic mass is 9.91.